The lowest BCUT2D eigenvalue weighted by molar-refractivity contribution is 0.0661. The van der Waals surface area contributed by atoms with Gasteiger partial charge in [-0.1, -0.05) is 11.6 Å². The predicted octanol–water partition coefficient (Wildman–Crippen LogP) is 2.52. The van der Waals surface area contributed by atoms with Crippen molar-refractivity contribution in [1.29, 1.82) is 0 Å². The second kappa shape index (κ2) is 6.18. The molecule has 2 rings (SSSR count). The van der Waals surface area contributed by atoms with Gasteiger partial charge in [-0.25, -0.2) is 17.9 Å². The van der Waals surface area contributed by atoms with Crippen molar-refractivity contribution < 1.29 is 22.7 Å². The summed E-state index contributed by atoms with van der Waals surface area (Å²) in [5, 5.41) is 8.80. The highest BCUT2D eigenvalue weighted by atomic mass is 35.5. The Morgan fingerprint density at radius 2 is 2.19 bits per heavy atom. The van der Waals surface area contributed by atoms with E-state index in [1.807, 2.05) is 6.07 Å². The van der Waals surface area contributed by atoms with Crippen molar-refractivity contribution in [2.75, 3.05) is 6.54 Å². The van der Waals surface area contributed by atoms with Gasteiger partial charge in [-0.15, -0.1) is 11.3 Å². The molecule has 2 aromatic rings. The first kappa shape index (κ1) is 16.0. The summed E-state index contributed by atoms with van der Waals surface area (Å²) >= 11 is 7.17. The number of hydrogen-bond donors (Lipinski definition) is 2. The van der Waals surface area contributed by atoms with E-state index in [0.717, 1.165) is 10.9 Å². The fourth-order valence-electron chi connectivity index (χ4n) is 1.71. The molecule has 0 aliphatic heterocycles. The Morgan fingerprint density at radius 1 is 1.48 bits per heavy atom. The summed E-state index contributed by atoms with van der Waals surface area (Å²) in [7, 11) is -3.80. The summed E-state index contributed by atoms with van der Waals surface area (Å²) in [5.41, 5.74) is 0. The highest BCUT2D eigenvalue weighted by Gasteiger charge is 2.23. The molecule has 2 aromatic heterocycles. The third kappa shape index (κ3) is 3.85. The van der Waals surface area contributed by atoms with E-state index in [4.69, 9.17) is 21.1 Å². The molecule has 9 heteroatoms. The number of carboxylic acid groups (broad SMARTS) is 1. The van der Waals surface area contributed by atoms with Crippen molar-refractivity contribution >= 4 is 38.9 Å². The molecular formula is C12H12ClNO5S2. The van der Waals surface area contributed by atoms with Crippen LogP contribution in [0.4, 0.5) is 0 Å². The minimum atomic E-state index is -3.80. The Balaban J connectivity index is 2.06. The van der Waals surface area contributed by atoms with Crippen LogP contribution in [0.25, 0.3) is 0 Å². The van der Waals surface area contributed by atoms with Crippen LogP contribution in [0, 0.1) is 6.92 Å². The molecule has 0 radical (unpaired) electrons. The molecule has 0 bridgehead atoms. The molecule has 0 aliphatic carbocycles. The maximum atomic E-state index is 12.1. The Bertz CT molecular complexity index is 762. The van der Waals surface area contributed by atoms with Crippen molar-refractivity contribution in [1.82, 2.24) is 4.72 Å². The van der Waals surface area contributed by atoms with E-state index in [1.165, 1.54) is 18.3 Å². The van der Waals surface area contributed by atoms with E-state index < -0.39 is 21.8 Å². The Hall–Kier alpha value is -1.35. The number of hydrogen-bond acceptors (Lipinski definition) is 5. The molecule has 6 nitrogen and oxygen atoms in total. The van der Waals surface area contributed by atoms with Gasteiger partial charge in [0.05, 0.1) is 4.34 Å². The van der Waals surface area contributed by atoms with Crippen LogP contribution < -0.4 is 4.72 Å². The van der Waals surface area contributed by atoms with E-state index >= 15 is 0 Å². The van der Waals surface area contributed by atoms with E-state index in [9.17, 15) is 13.2 Å². The quantitative estimate of drug-likeness (QED) is 0.835. The smallest absolute Gasteiger partial charge is 0.371 e. The first-order valence-corrected chi connectivity index (χ1v) is 8.55. The number of halogens is 1. The summed E-state index contributed by atoms with van der Waals surface area (Å²) in [5.74, 6) is -1.68. The average molecular weight is 350 g/mol. The van der Waals surface area contributed by atoms with Crippen molar-refractivity contribution in [2.45, 2.75) is 18.2 Å². The van der Waals surface area contributed by atoms with Gasteiger partial charge in [-0.05, 0) is 25.5 Å². The molecule has 0 aliphatic rings. The number of aryl methyl sites for hydroxylation is 1. The first-order chi connectivity index (χ1) is 9.79. The summed E-state index contributed by atoms with van der Waals surface area (Å²) in [4.78, 5) is 11.6. The van der Waals surface area contributed by atoms with Gasteiger partial charge in [0, 0.05) is 17.5 Å². The molecule has 114 valence electrons. The number of aromatic carboxylic acids is 1. The zero-order valence-corrected chi connectivity index (χ0v) is 13.3. The van der Waals surface area contributed by atoms with Gasteiger partial charge in [-0.3, -0.25) is 0 Å². The van der Waals surface area contributed by atoms with Crippen molar-refractivity contribution in [3.8, 4) is 0 Å². The molecule has 0 aromatic carbocycles. The third-order valence-electron chi connectivity index (χ3n) is 2.66. The second-order valence-corrected chi connectivity index (χ2v) is 7.72. The third-order valence-corrected chi connectivity index (χ3v) is 5.52. The van der Waals surface area contributed by atoms with Crippen LogP contribution in [-0.2, 0) is 16.4 Å². The van der Waals surface area contributed by atoms with Crippen molar-refractivity contribution in [3.63, 3.8) is 0 Å². The Kier molecular flexibility index (Phi) is 4.72. The van der Waals surface area contributed by atoms with Crippen LogP contribution in [0.3, 0.4) is 0 Å². The van der Waals surface area contributed by atoms with Gasteiger partial charge in [-0.2, -0.15) is 0 Å². The molecule has 21 heavy (non-hydrogen) atoms. The molecule has 0 fully saturated rings. The molecule has 2 N–H and O–H groups in total. The predicted molar refractivity (Wildman–Crippen MR) is 78.6 cm³/mol. The van der Waals surface area contributed by atoms with Crippen molar-refractivity contribution in [3.05, 3.63) is 38.9 Å². The molecule has 0 saturated carbocycles. The van der Waals surface area contributed by atoms with Gasteiger partial charge in [0.2, 0.25) is 15.8 Å². The summed E-state index contributed by atoms with van der Waals surface area (Å²) in [6.07, 6.45) is 0.499. The van der Waals surface area contributed by atoms with Crippen LogP contribution in [-0.4, -0.2) is 26.0 Å². The Morgan fingerprint density at radius 3 is 2.71 bits per heavy atom. The average Bonchev–Trinajstić information content (AvgIpc) is 2.96. The second-order valence-electron chi connectivity index (χ2n) is 4.19. The van der Waals surface area contributed by atoms with E-state index in [0.29, 0.717) is 10.8 Å². The monoisotopic (exact) mass is 349 g/mol. The number of furan rings is 1. The fourth-order valence-corrected chi connectivity index (χ4v) is 4.01. The zero-order chi connectivity index (χ0) is 15.6. The maximum Gasteiger partial charge on any atom is 0.371 e. The summed E-state index contributed by atoms with van der Waals surface area (Å²) in [6.45, 7) is 1.59. The van der Waals surface area contributed by atoms with Crippen LogP contribution in [0.5, 0.6) is 0 Å². The van der Waals surface area contributed by atoms with Crippen LogP contribution in [0.2, 0.25) is 4.34 Å². The minimum absolute atomic E-state index is 0.0408. The first-order valence-electron chi connectivity index (χ1n) is 5.87. The lowest BCUT2D eigenvalue weighted by Crippen LogP contribution is -2.26. The number of rotatable bonds is 6. The molecule has 0 saturated heterocycles. The van der Waals surface area contributed by atoms with Gasteiger partial charge >= 0.3 is 5.97 Å². The number of sulfonamides is 1. The largest absolute Gasteiger partial charge is 0.475 e. The lowest BCUT2D eigenvalue weighted by atomic mass is 10.3. The molecule has 0 atom stereocenters. The molecular weight excluding hydrogens is 338 g/mol. The lowest BCUT2D eigenvalue weighted by Gasteiger charge is -2.04. The van der Waals surface area contributed by atoms with E-state index in [-0.39, 0.29) is 17.2 Å². The van der Waals surface area contributed by atoms with Crippen molar-refractivity contribution in [2.24, 2.45) is 0 Å². The number of thiophene rings is 1. The number of nitrogens with one attached hydrogen (secondary N) is 1. The maximum absolute atomic E-state index is 12.1. The minimum Gasteiger partial charge on any atom is -0.475 e. The van der Waals surface area contributed by atoms with Crippen LogP contribution >= 0.6 is 22.9 Å². The molecule has 0 unspecified atom stereocenters. The highest BCUT2D eigenvalue weighted by molar-refractivity contribution is 7.89. The van der Waals surface area contributed by atoms with E-state index in [1.54, 1.807) is 6.07 Å². The molecule has 0 spiro atoms. The van der Waals surface area contributed by atoms with Gasteiger partial charge in [0.25, 0.3) is 0 Å². The zero-order valence-electron chi connectivity index (χ0n) is 10.9. The topological polar surface area (TPSA) is 96.6 Å². The normalized spacial score (nSPS) is 11.7. The number of carboxylic acids is 1. The fraction of sp³-hybridized carbons (Fsp3) is 0.250. The molecule has 0 amide bonds. The SMILES string of the molecule is Cc1oc(C(=O)O)cc1S(=O)(=O)NCCc1ccc(Cl)s1. The summed E-state index contributed by atoms with van der Waals surface area (Å²) in [6, 6.07) is 4.57. The highest BCUT2D eigenvalue weighted by Crippen LogP contribution is 2.22. The van der Waals surface area contributed by atoms with Gasteiger partial charge < -0.3 is 9.52 Å². The summed E-state index contributed by atoms with van der Waals surface area (Å²) < 4.78 is 32.1. The number of carbonyl (C=O) groups is 1. The Labute approximate surface area is 130 Å². The van der Waals surface area contributed by atoms with Gasteiger partial charge in [0.1, 0.15) is 10.7 Å². The van der Waals surface area contributed by atoms with Crippen LogP contribution in [0.1, 0.15) is 21.2 Å². The standard InChI is InChI=1S/C12H12ClNO5S2/c1-7-10(6-9(19-7)12(15)16)21(17,18)14-5-4-8-2-3-11(13)20-8/h2-3,6,14H,4-5H2,1H3,(H,15,16). The van der Waals surface area contributed by atoms with Crippen LogP contribution in [0.15, 0.2) is 27.5 Å². The van der Waals surface area contributed by atoms with Gasteiger partial charge in [0.15, 0.2) is 0 Å². The van der Waals surface area contributed by atoms with E-state index in [2.05, 4.69) is 4.72 Å². The molecule has 2 heterocycles.